The molecule has 6 heteroatoms. The number of ether oxygens (including phenoxy) is 1. The maximum atomic E-state index is 13.0. The molecule has 0 aliphatic carbocycles. The van der Waals surface area contributed by atoms with Crippen molar-refractivity contribution >= 4 is 33.4 Å². The van der Waals surface area contributed by atoms with Crippen molar-refractivity contribution < 1.29 is 14.3 Å². The molecule has 3 aromatic carbocycles. The molecule has 3 rings (SSSR count). The molecule has 1 unspecified atom stereocenters. The van der Waals surface area contributed by atoms with Gasteiger partial charge in [-0.05, 0) is 61.4 Å². The van der Waals surface area contributed by atoms with Crippen LogP contribution in [0.15, 0.2) is 77.3 Å². The Kier molecular flexibility index (Phi) is 9.71. The Labute approximate surface area is 210 Å². The van der Waals surface area contributed by atoms with E-state index in [2.05, 4.69) is 33.5 Å². The summed E-state index contributed by atoms with van der Waals surface area (Å²) in [5.41, 5.74) is 2.63. The van der Waals surface area contributed by atoms with E-state index in [4.69, 9.17) is 4.74 Å². The van der Waals surface area contributed by atoms with Crippen molar-refractivity contribution in [3.63, 3.8) is 0 Å². The molecular weight excluding hydrogens is 492 g/mol. The molecule has 0 aliphatic rings. The van der Waals surface area contributed by atoms with Crippen molar-refractivity contribution in [1.82, 2.24) is 5.32 Å². The summed E-state index contributed by atoms with van der Waals surface area (Å²) in [6, 6.07) is 22.0. The van der Waals surface area contributed by atoms with Crippen LogP contribution in [0.5, 0.6) is 5.75 Å². The lowest BCUT2D eigenvalue weighted by atomic mass is 10.1. The van der Waals surface area contributed by atoms with Crippen molar-refractivity contribution in [1.29, 1.82) is 0 Å². The van der Waals surface area contributed by atoms with Gasteiger partial charge in [0.25, 0.3) is 11.8 Å². The molecule has 0 spiro atoms. The first-order chi connectivity index (χ1) is 16.5. The summed E-state index contributed by atoms with van der Waals surface area (Å²) in [5, 5.41) is 5.89. The average Bonchev–Trinajstić information content (AvgIpc) is 2.85. The quantitative estimate of drug-likeness (QED) is 0.262. The van der Waals surface area contributed by atoms with Gasteiger partial charge in [0.2, 0.25) is 0 Å². The Hall–Kier alpha value is -3.12. The first-order valence-corrected chi connectivity index (χ1v) is 12.5. The number of carbonyl (C=O) groups is 2. The van der Waals surface area contributed by atoms with Crippen molar-refractivity contribution in [2.75, 3.05) is 11.9 Å². The zero-order valence-electron chi connectivity index (χ0n) is 19.6. The third-order valence-electron chi connectivity index (χ3n) is 5.49. The molecule has 0 saturated heterocycles. The molecule has 0 bridgehead atoms. The maximum absolute atomic E-state index is 13.0. The van der Waals surface area contributed by atoms with Gasteiger partial charge in [0.15, 0.2) is 0 Å². The van der Waals surface area contributed by atoms with Gasteiger partial charge in [0.1, 0.15) is 5.75 Å². The Bertz CT molecular complexity index is 1080. The van der Waals surface area contributed by atoms with Crippen molar-refractivity contribution in [3.8, 4) is 5.75 Å². The van der Waals surface area contributed by atoms with Crippen LogP contribution >= 0.6 is 15.9 Å². The normalized spacial score (nSPS) is 11.5. The van der Waals surface area contributed by atoms with Gasteiger partial charge in [0, 0.05) is 15.7 Å². The van der Waals surface area contributed by atoms with Crippen LogP contribution in [-0.4, -0.2) is 18.4 Å². The number of hydrogen-bond acceptors (Lipinski definition) is 3. The van der Waals surface area contributed by atoms with Gasteiger partial charge in [-0.25, -0.2) is 0 Å². The second-order valence-electron chi connectivity index (χ2n) is 8.19. The summed E-state index contributed by atoms with van der Waals surface area (Å²) in [4.78, 5) is 25.6. The zero-order valence-corrected chi connectivity index (χ0v) is 21.2. The van der Waals surface area contributed by atoms with E-state index < -0.39 is 0 Å². The number of anilines is 1. The number of halogens is 1. The second kappa shape index (κ2) is 12.9. The van der Waals surface area contributed by atoms with Crippen LogP contribution in [0.1, 0.15) is 71.9 Å². The largest absolute Gasteiger partial charge is 0.493 e. The molecule has 34 heavy (non-hydrogen) atoms. The van der Waals surface area contributed by atoms with Gasteiger partial charge < -0.3 is 15.4 Å². The van der Waals surface area contributed by atoms with Crippen LogP contribution in [0, 0.1) is 0 Å². The molecule has 2 N–H and O–H groups in total. The molecule has 0 radical (unpaired) electrons. The summed E-state index contributed by atoms with van der Waals surface area (Å²) in [6.07, 6.45) is 4.41. The number of amides is 2. The number of nitrogens with one attached hydrogen (secondary N) is 2. The molecular formula is C28H31BrN2O3. The van der Waals surface area contributed by atoms with E-state index in [1.165, 1.54) is 12.8 Å². The van der Waals surface area contributed by atoms with Crippen molar-refractivity contribution in [3.05, 3.63) is 94.0 Å². The molecule has 0 saturated carbocycles. The van der Waals surface area contributed by atoms with Crippen LogP contribution in [-0.2, 0) is 0 Å². The topological polar surface area (TPSA) is 67.4 Å². The monoisotopic (exact) mass is 522 g/mol. The van der Waals surface area contributed by atoms with Crippen LogP contribution < -0.4 is 15.4 Å². The number of carbonyl (C=O) groups excluding carboxylic acids is 2. The molecule has 5 nitrogen and oxygen atoms in total. The van der Waals surface area contributed by atoms with Crippen LogP contribution in [0.25, 0.3) is 0 Å². The van der Waals surface area contributed by atoms with Crippen molar-refractivity contribution in [2.45, 2.75) is 45.6 Å². The molecule has 0 aliphatic heterocycles. The Morgan fingerprint density at radius 2 is 1.65 bits per heavy atom. The average molecular weight is 523 g/mol. The molecule has 2 amide bonds. The molecule has 0 aromatic heterocycles. The van der Waals surface area contributed by atoms with Gasteiger partial charge in [-0.15, -0.1) is 0 Å². The highest BCUT2D eigenvalue weighted by Crippen LogP contribution is 2.25. The zero-order chi connectivity index (χ0) is 24.3. The van der Waals surface area contributed by atoms with Crippen molar-refractivity contribution in [2.24, 2.45) is 0 Å². The molecule has 3 aromatic rings. The highest BCUT2D eigenvalue weighted by atomic mass is 79.9. The number of rotatable bonds is 11. The number of benzene rings is 3. The third-order valence-corrected chi connectivity index (χ3v) is 5.99. The van der Waals surface area contributed by atoms with Gasteiger partial charge in [-0.2, -0.15) is 0 Å². The molecule has 0 fully saturated rings. The first kappa shape index (κ1) is 25.5. The standard InChI is InChI=1S/C28H31BrN2O3/c1-3-4-5-9-18-34-26-17-14-23(29)19-25(26)28(33)31-24-15-12-22(13-16-24)27(32)30-20(2)21-10-7-6-8-11-21/h6-8,10-17,19-20H,3-5,9,18H2,1-2H3,(H,30,32)(H,31,33). The maximum Gasteiger partial charge on any atom is 0.259 e. The molecule has 0 heterocycles. The highest BCUT2D eigenvalue weighted by Gasteiger charge is 2.15. The molecule has 1 atom stereocenters. The van der Waals surface area contributed by atoms with Gasteiger partial charge in [0.05, 0.1) is 18.2 Å². The second-order valence-corrected chi connectivity index (χ2v) is 9.10. The van der Waals surface area contributed by atoms with Gasteiger partial charge in [-0.3, -0.25) is 9.59 Å². The highest BCUT2D eigenvalue weighted by molar-refractivity contribution is 9.10. The van der Waals surface area contributed by atoms with E-state index in [1.54, 1.807) is 36.4 Å². The lowest BCUT2D eigenvalue weighted by Gasteiger charge is -2.15. The summed E-state index contributed by atoms with van der Waals surface area (Å²) in [7, 11) is 0. The van der Waals surface area contributed by atoms with Crippen LogP contribution in [0.4, 0.5) is 5.69 Å². The third kappa shape index (κ3) is 7.45. The van der Waals surface area contributed by atoms with E-state index in [9.17, 15) is 9.59 Å². The Balaban J connectivity index is 1.61. The lowest BCUT2D eigenvalue weighted by molar-refractivity contribution is 0.0939. The summed E-state index contributed by atoms with van der Waals surface area (Å²) in [6.45, 7) is 4.69. The summed E-state index contributed by atoms with van der Waals surface area (Å²) < 4.78 is 6.69. The smallest absolute Gasteiger partial charge is 0.259 e. The van der Waals surface area contributed by atoms with E-state index in [0.717, 1.165) is 22.9 Å². The van der Waals surface area contributed by atoms with E-state index in [-0.39, 0.29) is 17.9 Å². The minimum absolute atomic E-state index is 0.106. The van der Waals surface area contributed by atoms with E-state index in [0.29, 0.717) is 29.2 Å². The first-order valence-electron chi connectivity index (χ1n) is 11.7. The fourth-order valence-corrected chi connectivity index (χ4v) is 3.89. The summed E-state index contributed by atoms with van der Waals surface area (Å²) in [5.74, 6) is 0.128. The van der Waals surface area contributed by atoms with Crippen LogP contribution in [0.2, 0.25) is 0 Å². The number of hydrogen-bond donors (Lipinski definition) is 2. The predicted octanol–water partition coefficient (Wildman–Crippen LogP) is 7.15. The minimum atomic E-state index is -0.264. The predicted molar refractivity (Wildman–Crippen MR) is 140 cm³/mol. The minimum Gasteiger partial charge on any atom is -0.493 e. The van der Waals surface area contributed by atoms with Crippen LogP contribution in [0.3, 0.4) is 0 Å². The SMILES string of the molecule is CCCCCCOc1ccc(Br)cc1C(=O)Nc1ccc(C(=O)NC(C)c2ccccc2)cc1. The van der Waals surface area contributed by atoms with E-state index >= 15 is 0 Å². The Morgan fingerprint density at radius 3 is 2.35 bits per heavy atom. The lowest BCUT2D eigenvalue weighted by Crippen LogP contribution is -2.26. The number of unbranched alkanes of at least 4 members (excludes halogenated alkanes) is 3. The fraction of sp³-hybridized carbons (Fsp3) is 0.286. The van der Waals surface area contributed by atoms with Gasteiger partial charge in [-0.1, -0.05) is 72.4 Å². The summed E-state index contributed by atoms with van der Waals surface area (Å²) >= 11 is 3.43. The van der Waals surface area contributed by atoms with E-state index in [1.807, 2.05) is 43.3 Å². The Morgan fingerprint density at radius 1 is 0.912 bits per heavy atom. The molecule has 178 valence electrons. The fourth-order valence-electron chi connectivity index (χ4n) is 3.52. The van der Waals surface area contributed by atoms with Gasteiger partial charge >= 0.3 is 0 Å².